The van der Waals surface area contributed by atoms with Crippen LogP contribution in [0.5, 0.6) is 0 Å². The molecule has 0 heterocycles. The van der Waals surface area contributed by atoms with Crippen molar-refractivity contribution in [1.29, 1.82) is 0 Å². The van der Waals surface area contributed by atoms with E-state index in [1.54, 1.807) is 0 Å². The summed E-state index contributed by atoms with van der Waals surface area (Å²) in [5.41, 5.74) is 0. The van der Waals surface area contributed by atoms with E-state index in [4.69, 9.17) is 0 Å². The zero-order chi connectivity index (χ0) is 8.97. The zero-order valence-corrected chi connectivity index (χ0v) is 7.43. The summed E-state index contributed by atoms with van der Waals surface area (Å²) in [5, 5.41) is 2.40. The molecule has 0 aromatic rings. The molecule has 0 bridgehead atoms. The molecular weight excluding hydrogens is 154 g/mol. The van der Waals surface area contributed by atoms with Crippen LogP contribution < -0.4 is 5.32 Å². The molecule has 0 aromatic heterocycles. The highest BCUT2D eigenvalue weighted by molar-refractivity contribution is 5.97. The number of carbonyl (C=O) groups excluding carboxylic acids is 2. The molecule has 3 heteroatoms. The van der Waals surface area contributed by atoms with E-state index in [0.29, 0.717) is 6.42 Å². The fourth-order valence-electron chi connectivity index (χ4n) is 0.985. The first-order valence-electron chi connectivity index (χ1n) is 4.57. The van der Waals surface area contributed by atoms with Crippen LogP contribution in [0.1, 0.15) is 39.0 Å². The lowest BCUT2D eigenvalue weighted by molar-refractivity contribution is -0.131. The maximum absolute atomic E-state index is 11.0. The molecule has 1 aliphatic rings. The molecule has 0 atom stereocenters. The molecule has 1 fully saturated rings. The van der Waals surface area contributed by atoms with Crippen LogP contribution in [0.15, 0.2) is 0 Å². The second-order valence-electron chi connectivity index (χ2n) is 3.29. The number of nitrogens with one attached hydrogen (secondary N) is 1. The van der Waals surface area contributed by atoms with Gasteiger partial charge in [-0.1, -0.05) is 13.3 Å². The van der Waals surface area contributed by atoms with E-state index in [0.717, 1.165) is 25.7 Å². The molecule has 0 radical (unpaired) electrons. The first-order chi connectivity index (χ1) is 5.74. The van der Waals surface area contributed by atoms with E-state index in [2.05, 4.69) is 5.32 Å². The van der Waals surface area contributed by atoms with E-state index >= 15 is 0 Å². The molecule has 0 saturated heterocycles. The predicted molar refractivity (Wildman–Crippen MR) is 45.4 cm³/mol. The molecule has 1 aliphatic carbocycles. The second kappa shape index (κ2) is 4.24. The number of hydrogen-bond acceptors (Lipinski definition) is 2. The Morgan fingerprint density at radius 1 is 1.42 bits per heavy atom. The van der Waals surface area contributed by atoms with Crippen molar-refractivity contribution in [3.8, 4) is 0 Å². The maximum atomic E-state index is 11.0. The van der Waals surface area contributed by atoms with Gasteiger partial charge in [0.05, 0.1) is 0 Å². The molecule has 1 saturated carbocycles. The summed E-state index contributed by atoms with van der Waals surface area (Å²) in [6.07, 6.45) is 4.24. The van der Waals surface area contributed by atoms with Crippen molar-refractivity contribution in [2.45, 2.75) is 39.0 Å². The van der Waals surface area contributed by atoms with Crippen molar-refractivity contribution in [3.63, 3.8) is 0 Å². The first kappa shape index (κ1) is 9.23. The van der Waals surface area contributed by atoms with Gasteiger partial charge in [0.15, 0.2) is 0 Å². The van der Waals surface area contributed by atoms with Crippen LogP contribution in [-0.2, 0) is 9.59 Å². The quantitative estimate of drug-likeness (QED) is 0.688. The highest BCUT2D eigenvalue weighted by Crippen LogP contribution is 2.28. The minimum atomic E-state index is -0.117. The first-order valence-corrected chi connectivity index (χ1v) is 4.57. The summed E-state index contributed by atoms with van der Waals surface area (Å²) in [5.74, 6) is -0.0552. The molecule has 2 amide bonds. The Kier molecular flexibility index (Phi) is 3.26. The van der Waals surface area contributed by atoms with Gasteiger partial charge in [0.1, 0.15) is 0 Å². The smallest absolute Gasteiger partial charge is 0.229 e. The monoisotopic (exact) mass is 169 g/mol. The number of carbonyl (C=O) groups is 2. The third-order valence-electron chi connectivity index (χ3n) is 1.97. The molecule has 12 heavy (non-hydrogen) atoms. The normalized spacial score (nSPS) is 15.8. The average Bonchev–Trinajstić information content (AvgIpc) is 2.82. The second-order valence-corrected chi connectivity index (χ2v) is 3.29. The van der Waals surface area contributed by atoms with Crippen molar-refractivity contribution in [3.05, 3.63) is 0 Å². The van der Waals surface area contributed by atoms with E-state index in [1.807, 2.05) is 6.92 Å². The molecule has 1 rings (SSSR count). The fraction of sp³-hybridized carbons (Fsp3) is 0.778. The zero-order valence-electron chi connectivity index (χ0n) is 7.43. The van der Waals surface area contributed by atoms with Crippen molar-refractivity contribution in [1.82, 2.24) is 5.32 Å². The number of imide groups is 1. The molecule has 0 unspecified atom stereocenters. The Morgan fingerprint density at radius 3 is 2.58 bits per heavy atom. The molecule has 3 nitrogen and oxygen atoms in total. The van der Waals surface area contributed by atoms with Crippen LogP contribution in [0.3, 0.4) is 0 Å². The fourth-order valence-corrected chi connectivity index (χ4v) is 0.985. The minimum Gasteiger partial charge on any atom is -0.296 e. The van der Waals surface area contributed by atoms with Crippen molar-refractivity contribution >= 4 is 11.8 Å². The van der Waals surface area contributed by atoms with Gasteiger partial charge in [-0.2, -0.15) is 0 Å². The van der Waals surface area contributed by atoms with E-state index in [-0.39, 0.29) is 17.7 Å². The van der Waals surface area contributed by atoms with Crippen LogP contribution in [0, 0.1) is 5.92 Å². The number of unbranched alkanes of at least 4 members (excludes halogenated alkanes) is 1. The molecule has 68 valence electrons. The van der Waals surface area contributed by atoms with Crippen LogP contribution in [0.4, 0.5) is 0 Å². The highest BCUT2D eigenvalue weighted by atomic mass is 16.2. The van der Waals surface area contributed by atoms with Gasteiger partial charge in [-0.25, -0.2) is 0 Å². The van der Waals surface area contributed by atoms with Crippen LogP contribution >= 0.6 is 0 Å². The van der Waals surface area contributed by atoms with Gasteiger partial charge < -0.3 is 0 Å². The van der Waals surface area contributed by atoms with Crippen molar-refractivity contribution in [2.24, 2.45) is 5.92 Å². The van der Waals surface area contributed by atoms with Crippen LogP contribution in [-0.4, -0.2) is 11.8 Å². The Bertz CT molecular complexity index is 185. The van der Waals surface area contributed by atoms with Gasteiger partial charge in [0.2, 0.25) is 11.8 Å². The Hall–Kier alpha value is -0.860. The number of rotatable bonds is 4. The minimum absolute atomic E-state index is 0.0731. The number of hydrogen-bond donors (Lipinski definition) is 1. The van der Waals surface area contributed by atoms with Crippen LogP contribution in [0.25, 0.3) is 0 Å². The molecule has 0 aromatic carbocycles. The summed E-state index contributed by atoms with van der Waals surface area (Å²) in [7, 11) is 0. The highest BCUT2D eigenvalue weighted by Gasteiger charge is 2.30. The summed E-state index contributed by atoms with van der Waals surface area (Å²) in [4.78, 5) is 22.1. The summed E-state index contributed by atoms with van der Waals surface area (Å²) in [6, 6.07) is 0. The topological polar surface area (TPSA) is 46.2 Å². The van der Waals surface area contributed by atoms with Gasteiger partial charge in [0.25, 0.3) is 0 Å². The summed E-state index contributed by atoms with van der Waals surface area (Å²) in [6.45, 7) is 2.02. The lowest BCUT2D eigenvalue weighted by Gasteiger charge is -2.00. The van der Waals surface area contributed by atoms with Crippen molar-refractivity contribution in [2.75, 3.05) is 0 Å². The van der Waals surface area contributed by atoms with Crippen molar-refractivity contribution < 1.29 is 9.59 Å². The third-order valence-corrected chi connectivity index (χ3v) is 1.97. The SMILES string of the molecule is CCCCC(=O)NC(=O)C1CC1. The molecule has 0 aliphatic heterocycles. The lowest BCUT2D eigenvalue weighted by Crippen LogP contribution is -2.31. The Morgan fingerprint density at radius 2 is 2.08 bits per heavy atom. The van der Waals surface area contributed by atoms with E-state index < -0.39 is 0 Å². The molecular formula is C9H15NO2. The Balaban J connectivity index is 2.11. The molecule has 0 spiro atoms. The lowest BCUT2D eigenvalue weighted by atomic mass is 10.2. The Labute approximate surface area is 72.5 Å². The molecule has 1 N–H and O–H groups in total. The third kappa shape index (κ3) is 3.03. The predicted octanol–water partition coefficient (Wildman–Crippen LogP) is 1.23. The average molecular weight is 169 g/mol. The van der Waals surface area contributed by atoms with Gasteiger partial charge >= 0.3 is 0 Å². The maximum Gasteiger partial charge on any atom is 0.229 e. The number of amides is 2. The van der Waals surface area contributed by atoms with Gasteiger partial charge in [-0.15, -0.1) is 0 Å². The largest absolute Gasteiger partial charge is 0.296 e. The standard InChI is InChI=1S/C9H15NO2/c1-2-3-4-8(11)10-9(12)7-5-6-7/h7H,2-6H2,1H3,(H,10,11,12). The van der Waals surface area contributed by atoms with E-state index in [1.165, 1.54) is 0 Å². The summed E-state index contributed by atoms with van der Waals surface area (Å²) >= 11 is 0. The van der Waals surface area contributed by atoms with Gasteiger partial charge in [0, 0.05) is 12.3 Å². The van der Waals surface area contributed by atoms with E-state index in [9.17, 15) is 9.59 Å². The van der Waals surface area contributed by atoms with Gasteiger partial charge in [-0.05, 0) is 19.3 Å². The summed E-state index contributed by atoms with van der Waals surface area (Å²) < 4.78 is 0. The van der Waals surface area contributed by atoms with Crippen LogP contribution in [0.2, 0.25) is 0 Å². The van der Waals surface area contributed by atoms with Gasteiger partial charge in [-0.3, -0.25) is 14.9 Å².